The molecule has 0 heterocycles. The molecule has 0 saturated carbocycles. The van der Waals surface area contributed by atoms with Crippen molar-refractivity contribution in [1.29, 1.82) is 0 Å². The van der Waals surface area contributed by atoms with E-state index >= 15 is 0 Å². The van der Waals surface area contributed by atoms with Crippen LogP contribution in [0.25, 0.3) is 0 Å². The molecular weight excluding hydrogens is 224 g/mol. The van der Waals surface area contributed by atoms with Crippen LogP contribution < -0.4 is 11.1 Å². The summed E-state index contributed by atoms with van der Waals surface area (Å²) in [5.41, 5.74) is 9.68. The Hall–Kier alpha value is -1.35. The van der Waals surface area contributed by atoms with Crippen molar-refractivity contribution in [2.75, 3.05) is 0 Å². The highest BCUT2D eigenvalue weighted by Gasteiger charge is 2.27. The van der Waals surface area contributed by atoms with E-state index in [9.17, 15) is 4.79 Å². The lowest BCUT2D eigenvalue weighted by Crippen LogP contribution is -2.51. The van der Waals surface area contributed by atoms with Gasteiger partial charge in [0.05, 0.1) is 5.54 Å². The molecule has 0 spiro atoms. The summed E-state index contributed by atoms with van der Waals surface area (Å²) >= 11 is 0. The van der Waals surface area contributed by atoms with Crippen molar-refractivity contribution in [3.8, 4) is 0 Å². The highest BCUT2D eigenvalue weighted by atomic mass is 16.1. The fourth-order valence-electron chi connectivity index (χ4n) is 2.56. The maximum absolute atomic E-state index is 11.4. The molecule has 1 rings (SSSR count). The summed E-state index contributed by atoms with van der Waals surface area (Å²) in [4.78, 5) is 11.4. The van der Waals surface area contributed by atoms with E-state index in [1.54, 1.807) is 0 Å². The molecule has 0 saturated heterocycles. The molecule has 0 bridgehead atoms. The first kappa shape index (κ1) is 14.7. The number of rotatable bonds is 4. The van der Waals surface area contributed by atoms with Crippen LogP contribution in [0.15, 0.2) is 12.1 Å². The van der Waals surface area contributed by atoms with Gasteiger partial charge in [0.15, 0.2) is 0 Å². The largest absolute Gasteiger partial charge is 0.368 e. The van der Waals surface area contributed by atoms with Crippen LogP contribution in [0.2, 0.25) is 0 Å². The molecule has 3 heteroatoms. The number of nitrogens with two attached hydrogens (primary N) is 1. The van der Waals surface area contributed by atoms with Gasteiger partial charge >= 0.3 is 0 Å². The van der Waals surface area contributed by atoms with Crippen LogP contribution in [0.5, 0.6) is 0 Å². The van der Waals surface area contributed by atoms with E-state index < -0.39 is 5.54 Å². The summed E-state index contributed by atoms with van der Waals surface area (Å²) < 4.78 is 0. The molecule has 1 unspecified atom stereocenters. The van der Waals surface area contributed by atoms with Crippen LogP contribution in [0.3, 0.4) is 0 Å². The van der Waals surface area contributed by atoms with Crippen molar-refractivity contribution < 1.29 is 4.79 Å². The SMILES string of the molecule is Cc1cc(C)c(C(C)NC(C)(C)C(N)=O)c(C)c1. The van der Waals surface area contributed by atoms with Crippen molar-refractivity contribution in [1.82, 2.24) is 5.32 Å². The Bertz CT molecular complexity index is 441. The van der Waals surface area contributed by atoms with E-state index in [-0.39, 0.29) is 11.9 Å². The van der Waals surface area contributed by atoms with Crippen LogP contribution in [0, 0.1) is 20.8 Å². The average molecular weight is 248 g/mol. The van der Waals surface area contributed by atoms with Crippen LogP contribution in [0.1, 0.15) is 49.1 Å². The first-order chi connectivity index (χ1) is 8.15. The summed E-state index contributed by atoms with van der Waals surface area (Å²) in [5.74, 6) is -0.336. The second kappa shape index (κ2) is 5.11. The predicted molar refractivity (Wildman–Crippen MR) is 75.5 cm³/mol. The van der Waals surface area contributed by atoms with Crippen molar-refractivity contribution in [3.05, 3.63) is 34.4 Å². The van der Waals surface area contributed by atoms with Gasteiger partial charge in [-0.15, -0.1) is 0 Å². The third-order valence-electron chi connectivity index (χ3n) is 3.36. The van der Waals surface area contributed by atoms with Crippen LogP contribution in [-0.2, 0) is 4.79 Å². The monoisotopic (exact) mass is 248 g/mol. The first-order valence-electron chi connectivity index (χ1n) is 6.30. The number of benzene rings is 1. The molecule has 1 aromatic carbocycles. The molecule has 3 nitrogen and oxygen atoms in total. The quantitative estimate of drug-likeness (QED) is 0.860. The molecule has 1 aromatic rings. The fourth-order valence-corrected chi connectivity index (χ4v) is 2.56. The Kier molecular flexibility index (Phi) is 4.17. The molecule has 0 aromatic heterocycles. The highest BCUT2D eigenvalue weighted by Crippen LogP contribution is 2.25. The van der Waals surface area contributed by atoms with Gasteiger partial charge in [0.25, 0.3) is 0 Å². The van der Waals surface area contributed by atoms with E-state index in [2.05, 4.69) is 45.1 Å². The number of hydrogen-bond acceptors (Lipinski definition) is 2. The third kappa shape index (κ3) is 3.10. The zero-order chi connectivity index (χ0) is 14.1. The minimum absolute atomic E-state index is 0.0908. The number of carbonyl (C=O) groups excluding carboxylic acids is 1. The van der Waals surface area contributed by atoms with Gasteiger partial charge in [-0.1, -0.05) is 17.7 Å². The fraction of sp³-hybridized carbons (Fsp3) is 0.533. The Morgan fingerprint density at radius 1 is 1.22 bits per heavy atom. The number of nitrogens with one attached hydrogen (secondary N) is 1. The van der Waals surface area contributed by atoms with E-state index in [0.717, 1.165) is 0 Å². The molecule has 0 aliphatic heterocycles. The Morgan fingerprint density at radius 3 is 2.06 bits per heavy atom. The molecule has 0 aliphatic rings. The van der Waals surface area contributed by atoms with Gasteiger partial charge in [0.1, 0.15) is 0 Å². The number of aryl methyl sites for hydroxylation is 3. The normalized spacial score (nSPS) is 13.4. The Morgan fingerprint density at radius 2 is 1.67 bits per heavy atom. The maximum Gasteiger partial charge on any atom is 0.237 e. The summed E-state index contributed by atoms with van der Waals surface area (Å²) in [5, 5.41) is 3.30. The summed E-state index contributed by atoms with van der Waals surface area (Å²) in [6.45, 7) is 12.0. The number of carbonyl (C=O) groups is 1. The molecule has 18 heavy (non-hydrogen) atoms. The van der Waals surface area contributed by atoms with Gasteiger partial charge in [-0.25, -0.2) is 0 Å². The maximum atomic E-state index is 11.4. The van der Waals surface area contributed by atoms with E-state index in [0.29, 0.717) is 0 Å². The van der Waals surface area contributed by atoms with Crippen molar-refractivity contribution in [3.63, 3.8) is 0 Å². The summed E-state index contributed by atoms with van der Waals surface area (Å²) in [6, 6.07) is 4.42. The topological polar surface area (TPSA) is 55.1 Å². The first-order valence-corrected chi connectivity index (χ1v) is 6.30. The second-order valence-electron chi connectivity index (χ2n) is 5.67. The van der Waals surface area contributed by atoms with Gasteiger partial charge in [-0.05, 0) is 58.2 Å². The molecule has 0 aliphatic carbocycles. The number of hydrogen-bond donors (Lipinski definition) is 2. The Labute approximate surface area is 110 Å². The lowest BCUT2D eigenvalue weighted by molar-refractivity contribution is -0.123. The van der Waals surface area contributed by atoms with Crippen LogP contribution in [0.4, 0.5) is 0 Å². The lowest BCUT2D eigenvalue weighted by Gasteiger charge is -2.29. The van der Waals surface area contributed by atoms with E-state index in [4.69, 9.17) is 5.73 Å². The van der Waals surface area contributed by atoms with Crippen molar-refractivity contribution >= 4 is 5.91 Å². The van der Waals surface area contributed by atoms with Gasteiger partial charge in [-0.3, -0.25) is 10.1 Å². The second-order valence-corrected chi connectivity index (χ2v) is 5.67. The minimum Gasteiger partial charge on any atom is -0.368 e. The molecular formula is C15H24N2O. The summed E-state index contributed by atoms with van der Waals surface area (Å²) in [7, 11) is 0. The van der Waals surface area contributed by atoms with Crippen molar-refractivity contribution in [2.45, 2.75) is 53.1 Å². The lowest BCUT2D eigenvalue weighted by atomic mass is 9.93. The van der Waals surface area contributed by atoms with E-state index in [1.807, 2.05) is 13.8 Å². The van der Waals surface area contributed by atoms with Gasteiger partial charge in [-0.2, -0.15) is 0 Å². The average Bonchev–Trinajstić information content (AvgIpc) is 2.13. The van der Waals surface area contributed by atoms with E-state index in [1.165, 1.54) is 22.3 Å². The molecule has 3 N–H and O–H groups in total. The molecule has 0 fully saturated rings. The third-order valence-corrected chi connectivity index (χ3v) is 3.36. The Balaban J connectivity index is 3.05. The smallest absolute Gasteiger partial charge is 0.237 e. The minimum atomic E-state index is -0.705. The predicted octanol–water partition coefficient (Wildman–Crippen LogP) is 2.53. The zero-order valence-electron chi connectivity index (χ0n) is 12.2. The highest BCUT2D eigenvalue weighted by molar-refractivity contribution is 5.83. The van der Waals surface area contributed by atoms with Gasteiger partial charge in [0, 0.05) is 6.04 Å². The van der Waals surface area contributed by atoms with Gasteiger partial charge in [0.2, 0.25) is 5.91 Å². The van der Waals surface area contributed by atoms with Crippen LogP contribution in [-0.4, -0.2) is 11.4 Å². The standard InChI is InChI=1S/C15H24N2O/c1-9-7-10(2)13(11(3)8-9)12(4)17-15(5,6)14(16)18/h7-8,12,17H,1-6H3,(H2,16,18). The zero-order valence-corrected chi connectivity index (χ0v) is 12.2. The molecule has 0 radical (unpaired) electrons. The number of amides is 1. The molecule has 1 amide bonds. The molecule has 1 atom stereocenters. The van der Waals surface area contributed by atoms with Crippen LogP contribution >= 0.6 is 0 Å². The van der Waals surface area contributed by atoms with Gasteiger partial charge < -0.3 is 5.73 Å². The molecule has 100 valence electrons. The summed E-state index contributed by atoms with van der Waals surface area (Å²) in [6.07, 6.45) is 0. The number of primary amides is 1. The van der Waals surface area contributed by atoms with Crippen molar-refractivity contribution in [2.24, 2.45) is 5.73 Å².